The van der Waals surface area contributed by atoms with Crippen LogP contribution in [0.5, 0.6) is 0 Å². The number of fused-ring (bicyclic) bond motifs is 4. The van der Waals surface area contributed by atoms with Gasteiger partial charge in [0.05, 0.1) is 33.7 Å². The molecule has 3 aliphatic carbocycles. The fraction of sp³-hybridized carbons (Fsp3) is 0.652. The molecular formula is C23H27ClN6O2S. The molecular weight excluding hydrogens is 460 g/mol. The maximum absolute atomic E-state index is 13.1. The van der Waals surface area contributed by atoms with Gasteiger partial charge in [0.25, 0.3) is 0 Å². The molecule has 3 unspecified atom stereocenters. The zero-order chi connectivity index (χ0) is 22.4. The lowest BCUT2D eigenvalue weighted by Gasteiger charge is -2.42. The second-order valence-electron chi connectivity index (χ2n) is 10.6. The Hall–Kier alpha value is -1.84. The predicted molar refractivity (Wildman–Crippen MR) is 125 cm³/mol. The number of anilines is 2. The Labute approximate surface area is 200 Å². The van der Waals surface area contributed by atoms with E-state index in [0.29, 0.717) is 34.5 Å². The van der Waals surface area contributed by atoms with Crippen molar-refractivity contribution in [2.24, 2.45) is 5.92 Å². The normalized spacial score (nSPS) is 32.1. The molecule has 10 heteroatoms. The Kier molecular flexibility index (Phi) is 4.41. The van der Waals surface area contributed by atoms with E-state index in [1.807, 2.05) is 0 Å². The first-order valence-corrected chi connectivity index (χ1v) is 13.6. The third-order valence-corrected chi connectivity index (χ3v) is 10.5. The van der Waals surface area contributed by atoms with Crippen molar-refractivity contribution in [1.82, 2.24) is 19.9 Å². The number of piperidine rings is 1. The lowest BCUT2D eigenvalue weighted by Crippen LogP contribution is -2.49. The zero-order valence-electron chi connectivity index (χ0n) is 18.3. The summed E-state index contributed by atoms with van der Waals surface area (Å²) in [5.41, 5.74) is 0.615. The molecule has 4 heterocycles. The van der Waals surface area contributed by atoms with Crippen molar-refractivity contribution in [2.75, 3.05) is 29.1 Å². The van der Waals surface area contributed by atoms with E-state index in [1.165, 1.54) is 0 Å². The van der Waals surface area contributed by atoms with Gasteiger partial charge < -0.3 is 15.3 Å². The number of nitrogens with one attached hydrogen (secondary N) is 1. The molecule has 0 radical (unpaired) electrons. The van der Waals surface area contributed by atoms with Crippen LogP contribution in [0.4, 0.5) is 11.8 Å². The van der Waals surface area contributed by atoms with E-state index in [1.54, 1.807) is 12.4 Å². The minimum atomic E-state index is -1.09. The van der Waals surface area contributed by atoms with E-state index in [4.69, 9.17) is 21.6 Å². The summed E-state index contributed by atoms with van der Waals surface area (Å²) in [7, 11) is -1.09. The molecule has 4 atom stereocenters. The molecule has 174 valence electrons. The number of aliphatic hydroxyl groups excluding tert-OH is 1. The summed E-state index contributed by atoms with van der Waals surface area (Å²) >= 11 is 5.98. The Morgan fingerprint density at radius 2 is 1.97 bits per heavy atom. The molecule has 7 rings (SSSR count). The average molecular weight is 487 g/mol. The first-order valence-electron chi connectivity index (χ1n) is 11.9. The molecule has 2 aromatic rings. The number of nitrogens with zero attached hydrogens (tertiary/aromatic N) is 5. The molecule has 5 aliphatic rings. The topological polar surface area (TPSA) is 104 Å². The molecule has 2 N–H and O–H groups in total. The Morgan fingerprint density at radius 1 is 1.18 bits per heavy atom. The molecule has 2 bridgehead atoms. The SMILES string of the molecule is O=[S@@]1CC2(CC2)c2nc(N3CC4CC3CC4c3ncc(Cl)cn3)nc(NC3(CO)CCC3)c21. The highest BCUT2D eigenvalue weighted by Crippen LogP contribution is 2.57. The van der Waals surface area contributed by atoms with Gasteiger partial charge in [0.1, 0.15) is 16.5 Å². The number of aromatic nitrogens is 4. The second-order valence-corrected chi connectivity index (χ2v) is 12.5. The largest absolute Gasteiger partial charge is 0.394 e. The van der Waals surface area contributed by atoms with Crippen LogP contribution < -0.4 is 10.2 Å². The summed E-state index contributed by atoms with van der Waals surface area (Å²) in [6.07, 6.45) is 10.4. The van der Waals surface area contributed by atoms with Gasteiger partial charge in [-0.05, 0) is 50.9 Å². The number of aliphatic hydroxyl groups is 1. The molecule has 1 spiro atoms. The van der Waals surface area contributed by atoms with Crippen molar-refractivity contribution in [1.29, 1.82) is 0 Å². The zero-order valence-corrected chi connectivity index (χ0v) is 19.9. The highest BCUT2D eigenvalue weighted by atomic mass is 35.5. The van der Waals surface area contributed by atoms with Gasteiger partial charge in [-0.2, -0.15) is 4.98 Å². The summed E-state index contributed by atoms with van der Waals surface area (Å²) in [6.45, 7) is 0.941. The van der Waals surface area contributed by atoms with Crippen LogP contribution in [0.1, 0.15) is 62.4 Å². The van der Waals surface area contributed by atoms with Crippen LogP contribution in [0.25, 0.3) is 0 Å². The molecule has 0 amide bonds. The third-order valence-electron chi connectivity index (χ3n) is 8.61. The van der Waals surface area contributed by atoms with E-state index in [9.17, 15) is 9.32 Å². The van der Waals surface area contributed by atoms with Gasteiger partial charge in [-0.3, -0.25) is 4.21 Å². The molecule has 8 nitrogen and oxygen atoms in total. The Balaban J connectivity index is 1.22. The van der Waals surface area contributed by atoms with E-state index in [2.05, 4.69) is 20.2 Å². The van der Waals surface area contributed by atoms with E-state index < -0.39 is 10.8 Å². The van der Waals surface area contributed by atoms with Gasteiger partial charge in [0.2, 0.25) is 5.95 Å². The van der Waals surface area contributed by atoms with Crippen LogP contribution in [0.15, 0.2) is 17.3 Å². The molecule has 1 saturated heterocycles. The number of hydrogen-bond donors (Lipinski definition) is 2. The fourth-order valence-corrected chi connectivity index (χ4v) is 8.32. The summed E-state index contributed by atoms with van der Waals surface area (Å²) in [5, 5.41) is 14.1. The third kappa shape index (κ3) is 3.08. The fourth-order valence-electron chi connectivity index (χ4n) is 6.36. The highest BCUT2D eigenvalue weighted by molar-refractivity contribution is 7.85. The standard InChI is InChI=1S/C23H27ClN6O2S/c24-14-8-25-19(26-9-14)16-7-15-6-13(16)10-30(15)21-27-18-17(33(32)12-22(18)4-5-22)20(28-21)29-23(11-31)2-1-3-23/h8-9,13,15-16,31H,1-7,10-12H2,(H,27,28,29)/t13?,15?,16?,33-/m1/s1. The van der Waals surface area contributed by atoms with Gasteiger partial charge in [-0.25, -0.2) is 15.0 Å². The molecule has 2 aliphatic heterocycles. The van der Waals surface area contributed by atoms with Crippen LogP contribution in [0.2, 0.25) is 5.02 Å². The molecule has 3 saturated carbocycles. The maximum Gasteiger partial charge on any atom is 0.227 e. The lowest BCUT2D eigenvalue weighted by molar-refractivity contribution is 0.143. The molecule has 0 aromatic carbocycles. The van der Waals surface area contributed by atoms with Gasteiger partial charge in [0, 0.05) is 42.1 Å². The van der Waals surface area contributed by atoms with Crippen molar-refractivity contribution in [3.05, 3.63) is 28.9 Å². The Bertz CT molecular complexity index is 1150. The van der Waals surface area contributed by atoms with Crippen LogP contribution in [0, 0.1) is 5.92 Å². The first kappa shape index (κ1) is 20.5. The van der Waals surface area contributed by atoms with Gasteiger partial charge in [-0.15, -0.1) is 0 Å². The van der Waals surface area contributed by atoms with Gasteiger partial charge in [-0.1, -0.05) is 11.6 Å². The van der Waals surface area contributed by atoms with Crippen molar-refractivity contribution in [3.8, 4) is 0 Å². The van der Waals surface area contributed by atoms with Gasteiger partial charge >= 0.3 is 0 Å². The summed E-state index contributed by atoms with van der Waals surface area (Å²) in [4.78, 5) is 22.1. The minimum absolute atomic E-state index is 0.0290. The number of rotatable bonds is 5. The first-order chi connectivity index (χ1) is 16.0. The second kappa shape index (κ2) is 7.09. The summed E-state index contributed by atoms with van der Waals surface area (Å²) in [6, 6.07) is 0.350. The monoisotopic (exact) mass is 486 g/mol. The quantitative estimate of drug-likeness (QED) is 0.664. The molecule has 2 aromatic heterocycles. The van der Waals surface area contributed by atoms with Crippen molar-refractivity contribution >= 4 is 34.2 Å². The maximum atomic E-state index is 13.1. The van der Waals surface area contributed by atoms with E-state index in [-0.39, 0.29) is 17.6 Å². The van der Waals surface area contributed by atoms with Crippen molar-refractivity contribution in [3.63, 3.8) is 0 Å². The number of halogens is 1. The molecule has 33 heavy (non-hydrogen) atoms. The smallest absolute Gasteiger partial charge is 0.227 e. The van der Waals surface area contributed by atoms with Crippen LogP contribution in [-0.4, -0.2) is 59.7 Å². The van der Waals surface area contributed by atoms with Gasteiger partial charge in [0.15, 0.2) is 0 Å². The summed E-state index contributed by atoms with van der Waals surface area (Å²) < 4.78 is 13.1. The van der Waals surface area contributed by atoms with Crippen molar-refractivity contribution in [2.45, 2.75) is 72.8 Å². The van der Waals surface area contributed by atoms with Crippen LogP contribution in [-0.2, 0) is 16.2 Å². The average Bonchev–Trinajstić information content (AvgIpc) is 3.14. The van der Waals surface area contributed by atoms with Crippen LogP contribution >= 0.6 is 11.6 Å². The summed E-state index contributed by atoms with van der Waals surface area (Å²) in [5.74, 6) is 3.77. The lowest BCUT2D eigenvalue weighted by atomic mass is 9.77. The predicted octanol–water partition coefficient (Wildman–Crippen LogP) is 2.78. The van der Waals surface area contributed by atoms with Crippen LogP contribution in [0.3, 0.4) is 0 Å². The highest BCUT2D eigenvalue weighted by Gasteiger charge is 2.56. The minimum Gasteiger partial charge on any atom is -0.394 e. The van der Waals surface area contributed by atoms with Crippen molar-refractivity contribution < 1.29 is 9.32 Å². The van der Waals surface area contributed by atoms with E-state index >= 15 is 0 Å². The molecule has 4 fully saturated rings. The number of hydrogen-bond acceptors (Lipinski definition) is 8. The Morgan fingerprint density at radius 3 is 2.58 bits per heavy atom. The van der Waals surface area contributed by atoms with E-state index in [0.717, 1.165) is 73.9 Å².